The maximum atomic E-state index is 9.01. The van der Waals surface area contributed by atoms with Crippen molar-refractivity contribution in [2.24, 2.45) is 11.7 Å². The molecule has 2 fully saturated rings. The second-order valence-corrected chi connectivity index (χ2v) is 4.64. The minimum atomic E-state index is -0.706. The summed E-state index contributed by atoms with van der Waals surface area (Å²) in [6.07, 6.45) is 7.37. The Hall–Kier alpha value is -0.590. The first kappa shape index (κ1) is 9.95. The Balaban J connectivity index is 1.80. The van der Waals surface area contributed by atoms with E-state index in [0.717, 1.165) is 25.7 Å². The maximum Gasteiger partial charge on any atom is 0.130 e. The molecule has 0 aliphatic heterocycles. The molecule has 2 aliphatic carbocycles. The highest BCUT2D eigenvalue weighted by Crippen LogP contribution is 2.38. The van der Waals surface area contributed by atoms with Gasteiger partial charge in [-0.1, -0.05) is 12.8 Å². The van der Waals surface area contributed by atoms with Crippen molar-refractivity contribution in [1.29, 1.82) is 5.26 Å². The molecule has 3 nitrogen and oxygen atoms in total. The van der Waals surface area contributed by atoms with E-state index in [9.17, 15) is 0 Å². The fourth-order valence-corrected chi connectivity index (χ4v) is 2.15. The summed E-state index contributed by atoms with van der Waals surface area (Å²) in [4.78, 5) is 0. The summed E-state index contributed by atoms with van der Waals surface area (Å²) < 4.78 is 5.71. The topological polar surface area (TPSA) is 59.0 Å². The van der Waals surface area contributed by atoms with Gasteiger partial charge in [0.25, 0.3) is 0 Å². The minimum Gasteiger partial charge on any atom is -0.375 e. The van der Waals surface area contributed by atoms with Crippen molar-refractivity contribution in [2.75, 3.05) is 6.61 Å². The largest absolute Gasteiger partial charge is 0.375 e. The molecule has 2 saturated carbocycles. The second kappa shape index (κ2) is 3.88. The molecule has 0 heterocycles. The molecule has 0 aromatic rings. The van der Waals surface area contributed by atoms with Gasteiger partial charge in [-0.15, -0.1) is 0 Å². The predicted molar refractivity (Wildman–Crippen MR) is 53.5 cm³/mol. The number of nitrogens with zero attached hydrogens (tertiary/aromatic N) is 1. The Morgan fingerprint density at radius 2 is 1.93 bits per heavy atom. The monoisotopic (exact) mass is 194 g/mol. The first-order chi connectivity index (χ1) is 6.74. The van der Waals surface area contributed by atoms with Crippen LogP contribution in [0.15, 0.2) is 0 Å². The van der Waals surface area contributed by atoms with E-state index in [1.54, 1.807) is 0 Å². The highest BCUT2D eigenvalue weighted by molar-refractivity contribution is 5.13. The van der Waals surface area contributed by atoms with E-state index in [0.29, 0.717) is 18.6 Å². The molecule has 0 saturated heterocycles. The van der Waals surface area contributed by atoms with Crippen LogP contribution in [-0.2, 0) is 4.74 Å². The maximum absolute atomic E-state index is 9.01. The van der Waals surface area contributed by atoms with Gasteiger partial charge >= 0.3 is 0 Å². The predicted octanol–water partition coefficient (Wildman–Crippen LogP) is 1.58. The molecule has 0 bridgehead atoms. The number of nitrogens with two attached hydrogens (primary N) is 1. The first-order valence-electron chi connectivity index (χ1n) is 5.56. The van der Waals surface area contributed by atoms with Gasteiger partial charge in [0.15, 0.2) is 0 Å². The van der Waals surface area contributed by atoms with Gasteiger partial charge in [-0.25, -0.2) is 0 Å². The van der Waals surface area contributed by atoms with Crippen LogP contribution in [-0.4, -0.2) is 18.2 Å². The van der Waals surface area contributed by atoms with Crippen molar-refractivity contribution in [2.45, 2.75) is 50.2 Å². The van der Waals surface area contributed by atoms with Gasteiger partial charge in [-0.3, -0.25) is 0 Å². The standard InChI is InChI=1S/C11H18N2O/c12-7-11(13,9-5-6-9)8-14-10-3-1-2-4-10/h9-10H,1-6,8,13H2. The van der Waals surface area contributed by atoms with Crippen LogP contribution in [0.1, 0.15) is 38.5 Å². The van der Waals surface area contributed by atoms with Gasteiger partial charge in [0.1, 0.15) is 5.54 Å². The molecule has 78 valence electrons. The molecule has 0 radical (unpaired) electrons. The van der Waals surface area contributed by atoms with Crippen molar-refractivity contribution < 1.29 is 4.74 Å². The average Bonchev–Trinajstić information content (AvgIpc) is 2.94. The van der Waals surface area contributed by atoms with Crippen LogP contribution in [0.25, 0.3) is 0 Å². The third kappa shape index (κ3) is 2.08. The van der Waals surface area contributed by atoms with Crippen LogP contribution in [0.3, 0.4) is 0 Å². The normalized spacial score (nSPS) is 27.1. The Morgan fingerprint density at radius 1 is 1.29 bits per heavy atom. The number of rotatable bonds is 4. The molecule has 3 heteroatoms. The van der Waals surface area contributed by atoms with E-state index in [1.807, 2.05) is 0 Å². The molecule has 1 atom stereocenters. The van der Waals surface area contributed by atoms with E-state index in [1.165, 1.54) is 12.8 Å². The van der Waals surface area contributed by atoms with Crippen LogP contribution >= 0.6 is 0 Å². The molecule has 14 heavy (non-hydrogen) atoms. The fourth-order valence-electron chi connectivity index (χ4n) is 2.15. The molecule has 0 amide bonds. The average molecular weight is 194 g/mol. The highest BCUT2D eigenvalue weighted by Gasteiger charge is 2.43. The third-order valence-electron chi connectivity index (χ3n) is 3.37. The SMILES string of the molecule is N#CC(N)(COC1CCCC1)C1CC1. The quantitative estimate of drug-likeness (QED) is 0.739. The zero-order valence-electron chi connectivity index (χ0n) is 8.54. The van der Waals surface area contributed by atoms with Crippen LogP contribution in [0, 0.1) is 17.2 Å². The molecule has 2 N–H and O–H groups in total. The van der Waals surface area contributed by atoms with Crippen molar-refractivity contribution in [3.63, 3.8) is 0 Å². The van der Waals surface area contributed by atoms with Crippen molar-refractivity contribution in [3.8, 4) is 6.07 Å². The van der Waals surface area contributed by atoms with Crippen molar-refractivity contribution in [1.82, 2.24) is 0 Å². The number of hydrogen-bond acceptors (Lipinski definition) is 3. The summed E-state index contributed by atoms with van der Waals surface area (Å²) in [6.45, 7) is 0.429. The summed E-state index contributed by atoms with van der Waals surface area (Å²) >= 11 is 0. The van der Waals surface area contributed by atoms with E-state index in [4.69, 9.17) is 15.7 Å². The Bertz CT molecular complexity index is 238. The molecule has 2 aliphatic rings. The molecular weight excluding hydrogens is 176 g/mol. The van der Waals surface area contributed by atoms with Crippen molar-refractivity contribution >= 4 is 0 Å². The van der Waals surface area contributed by atoms with Crippen molar-refractivity contribution in [3.05, 3.63) is 0 Å². The van der Waals surface area contributed by atoms with Crippen LogP contribution < -0.4 is 5.73 Å². The number of nitriles is 1. The summed E-state index contributed by atoms with van der Waals surface area (Å²) in [5.41, 5.74) is 5.29. The molecule has 0 aromatic heterocycles. The minimum absolute atomic E-state index is 0.366. The lowest BCUT2D eigenvalue weighted by molar-refractivity contribution is 0.0315. The molecule has 0 spiro atoms. The summed E-state index contributed by atoms with van der Waals surface area (Å²) in [6, 6.07) is 2.22. The lowest BCUT2D eigenvalue weighted by Gasteiger charge is -2.23. The van der Waals surface area contributed by atoms with Crippen LogP contribution in [0.4, 0.5) is 0 Å². The first-order valence-corrected chi connectivity index (χ1v) is 5.56. The van der Waals surface area contributed by atoms with E-state index in [-0.39, 0.29) is 0 Å². The zero-order valence-corrected chi connectivity index (χ0v) is 8.54. The van der Waals surface area contributed by atoms with Crippen LogP contribution in [0.5, 0.6) is 0 Å². The third-order valence-corrected chi connectivity index (χ3v) is 3.37. The van der Waals surface area contributed by atoms with Gasteiger partial charge in [-0.2, -0.15) is 5.26 Å². The lowest BCUT2D eigenvalue weighted by Crippen LogP contribution is -2.46. The second-order valence-electron chi connectivity index (χ2n) is 4.64. The fraction of sp³-hybridized carbons (Fsp3) is 0.909. The molecular formula is C11H18N2O. The number of ether oxygens (including phenoxy) is 1. The Labute approximate surface area is 85.2 Å². The summed E-state index contributed by atoms with van der Waals surface area (Å²) in [7, 11) is 0. The number of hydrogen-bond donors (Lipinski definition) is 1. The molecule has 0 aromatic carbocycles. The van der Waals surface area contributed by atoms with Gasteiger partial charge in [-0.05, 0) is 31.6 Å². The molecule has 1 unspecified atom stereocenters. The van der Waals surface area contributed by atoms with E-state index < -0.39 is 5.54 Å². The smallest absolute Gasteiger partial charge is 0.130 e. The van der Waals surface area contributed by atoms with Gasteiger partial charge < -0.3 is 10.5 Å². The molecule has 2 rings (SSSR count). The van der Waals surface area contributed by atoms with E-state index in [2.05, 4.69) is 6.07 Å². The van der Waals surface area contributed by atoms with Gasteiger partial charge in [0, 0.05) is 0 Å². The van der Waals surface area contributed by atoms with Crippen LogP contribution in [0.2, 0.25) is 0 Å². The highest BCUT2D eigenvalue weighted by atomic mass is 16.5. The zero-order chi connectivity index (χ0) is 10.0. The Morgan fingerprint density at radius 3 is 2.43 bits per heavy atom. The lowest BCUT2D eigenvalue weighted by atomic mass is 9.98. The van der Waals surface area contributed by atoms with E-state index >= 15 is 0 Å². The Kier molecular flexibility index (Phi) is 2.76. The van der Waals surface area contributed by atoms with Gasteiger partial charge in [0.05, 0.1) is 18.8 Å². The summed E-state index contributed by atoms with van der Waals surface area (Å²) in [5.74, 6) is 0.383. The van der Waals surface area contributed by atoms with Gasteiger partial charge in [0.2, 0.25) is 0 Å². The summed E-state index contributed by atoms with van der Waals surface area (Å²) in [5, 5.41) is 9.01.